The molecule has 9 nitrogen and oxygen atoms in total. The second kappa shape index (κ2) is 9.14. The Bertz CT molecular complexity index is 1660. The maximum Gasteiger partial charge on any atom is 0.264 e. The van der Waals surface area contributed by atoms with Crippen LogP contribution in [0.15, 0.2) is 59.9 Å². The minimum Gasteiger partial charge on any atom is -0.480 e. The predicted octanol–water partition coefficient (Wildman–Crippen LogP) is 3.58. The van der Waals surface area contributed by atoms with E-state index in [1.165, 1.54) is 7.11 Å². The van der Waals surface area contributed by atoms with Crippen LogP contribution < -0.4 is 19.7 Å². The highest BCUT2D eigenvalue weighted by Gasteiger charge is 2.43. The van der Waals surface area contributed by atoms with E-state index in [4.69, 9.17) is 4.74 Å². The molecule has 0 bridgehead atoms. The van der Waals surface area contributed by atoms with Crippen LogP contribution in [0.2, 0.25) is 0 Å². The highest BCUT2D eigenvalue weighted by atomic mass is 32.2. The molecular weight excluding hydrogens is 514 g/mol. The van der Waals surface area contributed by atoms with Gasteiger partial charge in [-0.05, 0) is 42.3 Å². The standard InChI is InChI=1S/C26H24F2N6O3S/c1-37-25-22(33-38(35,36)23-5-3-18(27)10-20(23)28)9-17(11-30-25)16-2-4-21-19(8-16)24(32-15-31-21)34-7-6-26(14-34)12-29-13-26/h2-5,8-11,15,29,33H,6-7,12-14H2,1H3. The Kier molecular flexibility index (Phi) is 5.88. The Morgan fingerprint density at radius 3 is 2.61 bits per heavy atom. The average Bonchev–Trinajstić information content (AvgIpc) is 3.34. The number of hydrogen-bond acceptors (Lipinski definition) is 8. The summed E-state index contributed by atoms with van der Waals surface area (Å²) in [6, 6.07) is 9.51. The summed E-state index contributed by atoms with van der Waals surface area (Å²) in [7, 11) is -3.05. The van der Waals surface area contributed by atoms with Gasteiger partial charge in [0.05, 0.1) is 12.6 Å². The van der Waals surface area contributed by atoms with Crippen molar-refractivity contribution in [2.45, 2.75) is 11.3 Å². The fourth-order valence-electron chi connectivity index (χ4n) is 5.10. The lowest BCUT2D eigenvalue weighted by Crippen LogP contribution is -2.54. The fraction of sp³-hybridized carbons (Fsp3) is 0.269. The molecule has 2 aliphatic heterocycles. The second-order valence-corrected chi connectivity index (χ2v) is 11.3. The number of pyridine rings is 1. The molecule has 2 N–H and O–H groups in total. The van der Waals surface area contributed by atoms with Crippen molar-refractivity contribution in [1.29, 1.82) is 0 Å². The molecular formula is C26H24F2N6O3S. The molecule has 0 unspecified atom stereocenters. The molecule has 2 aliphatic rings. The third-order valence-corrected chi connectivity index (χ3v) is 8.56. The highest BCUT2D eigenvalue weighted by molar-refractivity contribution is 7.92. The Morgan fingerprint density at radius 1 is 1.05 bits per heavy atom. The van der Waals surface area contributed by atoms with Gasteiger partial charge >= 0.3 is 0 Å². The summed E-state index contributed by atoms with van der Waals surface area (Å²) in [5.41, 5.74) is 2.46. The molecule has 2 aromatic carbocycles. The number of sulfonamides is 1. The zero-order chi connectivity index (χ0) is 26.5. The van der Waals surface area contributed by atoms with Gasteiger partial charge in [-0.3, -0.25) is 4.72 Å². The number of nitrogens with one attached hydrogen (secondary N) is 2. The third-order valence-electron chi connectivity index (χ3n) is 7.16. The Morgan fingerprint density at radius 2 is 1.89 bits per heavy atom. The van der Waals surface area contributed by atoms with Gasteiger partial charge in [0.25, 0.3) is 10.0 Å². The van der Waals surface area contributed by atoms with Crippen molar-refractivity contribution in [1.82, 2.24) is 20.3 Å². The number of benzene rings is 2. The molecule has 0 aliphatic carbocycles. The molecule has 2 fully saturated rings. The molecule has 0 atom stereocenters. The molecule has 0 amide bonds. The first-order valence-corrected chi connectivity index (χ1v) is 13.5. The number of halogens is 2. The van der Waals surface area contributed by atoms with Gasteiger partial charge in [0.1, 0.15) is 34.4 Å². The first kappa shape index (κ1) is 24.4. The molecule has 4 aromatic rings. The van der Waals surface area contributed by atoms with E-state index in [2.05, 4.69) is 29.9 Å². The molecule has 38 heavy (non-hydrogen) atoms. The van der Waals surface area contributed by atoms with Crippen molar-refractivity contribution in [3.63, 3.8) is 0 Å². The van der Waals surface area contributed by atoms with Gasteiger partial charge < -0.3 is 15.0 Å². The van der Waals surface area contributed by atoms with Crippen LogP contribution in [0.25, 0.3) is 22.0 Å². The molecule has 196 valence electrons. The molecule has 2 aromatic heterocycles. The Hall–Kier alpha value is -3.90. The summed E-state index contributed by atoms with van der Waals surface area (Å²) in [5.74, 6) is -1.23. The molecule has 12 heteroatoms. The van der Waals surface area contributed by atoms with E-state index in [1.54, 1.807) is 18.6 Å². The van der Waals surface area contributed by atoms with E-state index in [9.17, 15) is 17.2 Å². The molecule has 4 heterocycles. The zero-order valence-corrected chi connectivity index (χ0v) is 21.2. The average molecular weight is 539 g/mol. The topological polar surface area (TPSA) is 109 Å². The maximum absolute atomic E-state index is 14.2. The maximum atomic E-state index is 14.2. The smallest absolute Gasteiger partial charge is 0.264 e. The SMILES string of the molecule is COc1ncc(-c2ccc3ncnc(N4CCC5(CNC5)C4)c3c2)cc1NS(=O)(=O)c1ccc(F)cc1F. The van der Waals surface area contributed by atoms with Gasteiger partial charge in [0.2, 0.25) is 5.88 Å². The van der Waals surface area contributed by atoms with Crippen LogP contribution in [-0.2, 0) is 10.0 Å². The van der Waals surface area contributed by atoms with Crippen molar-refractivity contribution >= 4 is 32.4 Å². The lowest BCUT2D eigenvalue weighted by Gasteiger charge is -2.39. The van der Waals surface area contributed by atoms with Crippen molar-refractivity contribution < 1.29 is 21.9 Å². The number of anilines is 2. The van der Waals surface area contributed by atoms with E-state index >= 15 is 0 Å². The summed E-state index contributed by atoms with van der Waals surface area (Å²) in [6.45, 7) is 3.85. The number of rotatable bonds is 6. The summed E-state index contributed by atoms with van der Waals surface area (Å²) in [6.07, 6.45) is 4.23. The van der Waals surface area contributed by atoms with Crippen LogP contribution in [-0.4, -0.2) is 56.7 Å². The van der Waals surface area contributed by atoms with E-state index in [0.29, 0.717) is 17.0 Å². The van der Waals surface area contributed by atoms with Crippen molar-refractivity contribution in [3.05, 3.63) is 66.6 Å². The summed E-state index contributed by atoms with van der Waals surface area (Å²) in [5, 5.41) is 4.24. The Balaban J connectivity index is 1.36. The van der Waals surface area contributed by atoms with Gasteiger partial charge in [-0.1, -0.05) is 6.07 Å². The number of nitrogens with zero attached hydrogens (tertiary/aromatic N) is 4. The normalized spacial score (nSPS) is 16.6. The van der Waals surface area contributed by atoms with Crippen molar-refractivity contribution in [3.8, 4) is 17.0 Å². The van der Waals surface area contributed by atoms with E-state index in [1.807, 2.05) is 18.2 Å². The van der Waals surface area contributed by atoms with Crippen LogP contribution in [0.1, 0.15) is 6.42 Å². The first-order valence-electron chi connectivity index (χ1n) is 12.0. The lowest BCUT2D eigenvalue weighted by molar-refractivity contribution is 0.199. The third kappa shape index (κ3) is 4.29. The predicted molar refractivity (Wildman–Crippen MR) is 139 cm³/mol. The van der Waals surface area contributed by atoms with E-state index < -0.39 is 26.6 Å². The summed E-state index contributed by atoms with van der Waals surface area (Å²) >= 11 is 0. The lowest BCUT2D eigenvalue weighted by atomic mass is 9.81. The van der Waals surface area contributed by atoms with Gasteiger partial charge in [-0.25, -0.2) is 32.2 Å². The van der Waals surface area contributed by atoms with Crippen LogP contribution in [0.4, 0.5) is 20.3 Å². The van der Waals surface area contributed by atoms with Crippen LogP contribution in [0, 0.1) is 17.0 Å². The number of hydrogen-bond donors (Lipinski definition) is 2. The van der Waals surface area contributed by atoms with Crippen LogP contribution in [0.5, 0.6) is 5.88 Å². The highest BCUT2D eigenvalue weighted by Crippen LogP contribution is 2.39. The summed E-state index contributed by atoms with van der Waals surface area (Å²) in [4.78, 5) is 14.9. The number of methoxy groups -OCH3 is 1. The summed E-state index contributed by atoms with van der Waals surface area (Å²) < 4.78 is 60.9. The largest absolute Gasteiger partial charge is 0.480 e. The number of ether oxygens (including phenoxy) is 1. The van der Waals surface area contributed by atoms with Gasteiger partial charge in [0, 0.05) is 54.8 Å². The minimum absolute atomic E-state index is 0.00105. The van der Waals surface area contributed by atoms with Crippen molar-refractivity contribution in [2.24, 2.45) is 5.41 Å². The van der Waals surface area contributed by atoms with E-state index in [0.717, 1.165) is 67.0 Å². The van der Waals surface area contributed by atoms with Gasteiger partial charge in [0.15, 0.2) is 0 Å². The fourth-order valence-corrected chi connectivity index (χ4v) is 6.20. The number of aromatic nitrogens is 3. The minimum atomic E-state index is -4.40. The van der Waals surface area contributed by atoms with E-state index in [-0.39, 0.29) is 11.6 Å². The zero-order valence-electron chi connectivity index (χ0n) is 20.4. The van der Waals surface area contributed by atoms with Crippen molar-refractivity contribution in [2.75, 3.05) is 42.9 Å². The van der Waals surface area contributed by atoms with Crippen LogP contribution in [0.3, 0.4) is 0 Å². The van der Waals surface area contributed by atoms with Gasteiger partial charge in [-0.2, -0.15) is 0 Å². The molecule has 0 saturated carbocycles. The molecule has 0 radical (unpaired) electrons. The van der Waals surface area contributed by atoms with Crippen LogP contribution >= 0.6 is 0 Å². The molecule has 6 rings (SSSR count). The second-order valence-electron chi connectivity index (χ2n) is 9.67. The molecule has 2 saturated heterocycles. The monoisotopic (exact) mass is 538 g/mol. The Labute approximate surface area is 217 Å². The quantitative estimate of drug-likeness (QED) is 0.384. The number of fused-ring (bicyclic) bond motifs is 1. The molecule has 1 spiro atoms. The first-order chi connectivity index (χ1) is 18.3. The van der Waals surface area contributed by atoms with Gasteiger partial charge in [-0.15, -0.1) is 0 Å².